The molecule has 0 fully saturated rings. The van der Waals surface area contributed by atoms with Crippen LogP contribution in [-0.2, 0) is 31.5 Å². The summed E-state index contributed by atoms with van der Waals surface area (Å²) in [7, 11) is 0. The van der Waals surface area contributed by atoms with E-state index in [1.807, 2.05) is 12.1 Å². The molecule has 22 heteroatoms. The van der Waals surface area contributed by atoms with Crippen LogP contribution in [0.1, 0.15) is 71.1 Å². The van der Waals surface area contributed by atoms with Gasteiger partial charge < -0.3 is 30.4 Å². The van der Waals surface area contributed by atoms with Crippen molar-refractivity contribution in [2.75, 3.05) is 49.1 Å². The van der Waals surface area contributed by atoms with Crippen LogP contribution in [0.4, 0.5) is 47.3 Å². The molecule has 370 valence electrons. The van der Waals surface area contributed by atoms with Gasteiger partial charge in [0.05, 0.1) is 99.9 Å². The number of carboxylic acids is 1. The number of urea groups is 2. The molecular weight excluding hydrogens is 953 g/mol. The lowest BCUT2D eigenvalue weighted by Gasteiger charge is -2.34. The Balaban J connectivity index is 0.999. The summed E-state index contributed by atoms with van der Waals surface area (Å²) < 4.78 is 83.0. The number of amides is 7. The smallest absolute Gasteiger partial charge is 0.416 e. The third-order valence-electron chi connectivity index (χ3n) is 12.6. The maximum atomic E-state index is 14.3. The number of hydrogen-bond acceptors (Lipinski definition) is 8. The molecule has 0 spiro atoms. The van der Waals surface area contributed by atoms with Gasteiger partial charge in [0.15, 0.2) is 0 Å². The summed E-state index contributed by atoms with van der Waals surface area (Å²) in [4.78, 5) is 87.4. The minimum Gasteiger partial charge on any atom is -0.481 e. The average Bonchev–Trinajstić information content (AvgIpc) is 3.86. The van der Waals surface area contributed by atoms with E-state index in [1.165, 1.54) is 51.1 Å². The molecule has 0 aromatic heterocycles. The molecule has 4 heterocycles. The van der Waals surface area contributed by atoms with Crippen LogP contribution in [0.15, 0.2) is 120 Å². The van der Waals surface area contributed by atoms with Crippen molar-refractivity contribution in [2.24, 2.45) is 0 Å². The third kappa shape index (κ3) is 10.1. The van der Waals surface area contributed by atoms with Crippen molar-refractivity contribution in [3.8, 4) is 12.1 Å². The highest BCUT2D eigenvalue weighted by Crippen LogP contribution is 2.42. The lowest BCUT2D eigenvalue weighted by molar-refractivity contribution is -0.141. The van der Waals surface area contributed by atoms with Gasteiger partial charge in [0.2, 0.25) is 5.91 Å². The Kier molecular flexibility index (Phi) is 13.8. The first-order valence-corrected chi connectivity index (χ1v) is 22.4. The molecule has 0 radical (unpaired) electrons. The Hall–Kier alpha value is -8.66. The van der Waals surface area contributed by atoms with Crippen molar-refractivity contribution in [1.82, 2.24) is 25.3 Å². The van der Waals surface area contributed by atoms with E-state index >= 15 is 0 Å². The van der Waals surface area contributed by atoms with Crippen molar-refractivity contribution in [2.45, 2.75) is 50.1 Å². The molecule has 4 aliphatic rings. The summed E-state index contributed by atoms with van der Waals surface area (Å²) >= 11 is 0. The van der Waals surface area contributed by atoms with Gasteiger partial charge in [-0.3, -0.25) is 29.0 Å². The number of alkyl halides is 6. The number of halogens is 6. The Morgan fingerprint density at radius 2 is 1.03 bits per heavy atom. The molecule has 7 amide bonds. The van der Waals surface area contributed by atoms with E-state index in [1.54, 1.807) is 24.3 Å². The van der Waals surface area contributed by atoms with Crippen LogP contribution in [0.2, 0.25) is 0 Å². The molecule has 4 aliphatic heterocycles. The van der Waals surface area contributed by atoms with E-state index < -0.39 is 84.2 Å². The van der Waals surface area contributed by atoms with Gasteiger partial charge in [0.25, 0.3) is 11.8 Å². The Morgan fingerprint density at radius 3 is 1.39 bits per heavy atom. The maximum Gasteiger partial charge on any atom is 0.416 e. The zero-order chi connectivity index (χ0) is 51.6. The lowest BCUT2D eigenvalue weighted by Crippen LogP contribution is -2.47. The maximum absolute atomic E-state index is 14.3. The van der Waals surface area contributed by atoms with Crippen LogP contribution in [0.3, 0.4) is 0 Å². The van der Waals surface area contributed by atoms with Gasteiger partial charge in [0, 0.05) is 32.6 Å². The van der Waals surface area contributed by atoms with E-state index in [0.717, 1.165) is 46.2 Å². The summed E-state index contributed by atoms with van der Waals surface area (Å²) in [5.41, 5.74) is -0.542. The Bertz CT molecular complexity index is 2830. The highest BCUT2D eigenvalue weighted by Gasteiger charge is 2.47. The number of hydrogen-bond donors (Lipinski definition) is 3. The van der Waals surface area contributed by atoms with Crippen LogP contribution in [-0.4, -0.2) is 94.8 Å². The van der Waals surface area contributed by atoms with Crippen LogP contribution in [0, 0.1) is 22.7 Å². The van der Waals surface area contributed by atoms with E-state index in [2.05, 4.69) is 10.6 Å². The molecule has 0 bridgehead atoms. The van der Waals surface area contributed by atoms with Gasteiger partial charge in [-0.1, -0.05) is 36.4 Å². The third-order valence-corrected chi connectivity index (χ3v) is 12.6. The Labute approximate surface area is 406 Å². The van der Waals surface area contributed by atoms with E-state index in [9.17, 15) is 70.7 Å². The first-order valence-electron chi connectivity index (χ1n) is 22.4. The topological polar surface area (TPSA) is 210 Å². The number of nitrogens with zero attached hydrogens (tertiary/aromatic N) is 7. The van der Waals surface area contributed by atoms with Gasteiger partial charge in [-0.15, -0.1) is 0 Å². The van der Waals surface area contributed by atoms with Gasteiger partial charge in [-0.05, 0) is 84.6 Å². The molecular formula is C50H41F6N9O7. The number of carbonyl (C=O) groups excluding carboxylic acids is 5. The number of aliphatic carboxylic acids is 1. The number of nitrogens with one attached hydrogen (secondary N) is 2. The average molecular weight is 994 g/mol. The van der Waals surface area contributed by atoms with Crippen molar-refractivity contribution in [3.05, 3.63) is 153 Å². The van der Waals surface area contributed by atoms with Crippen molar-refractivity contribution < 1.29 is 60.2 Å². The summed E-state index contributed by atoms with van der Waals surface area (Å²) in [5.74, 6) is -2.92. The molecule has 8 rings (SSSR count). The molecule has 0 saturated heterocycles. The van der Waals surface area contributed by atoms with Gasteiger partial charge in [0.1, 0.15) is 0 Å². The van der Waals surface area contributed by atoms with Crippen molar-refractivity contribution in [3.63, 3.8) is 0 Å². The molecule has 72 heavy (non-hydrogen) atoms. The van der Waals surface area contributed by atoms with E-state index in [0.29, 0.717) is 22.3 Å². The molecule has 0 aliphatic carbocycles. The zero-order valence-corrected chi connectivity index (χ0v) is 37.8. The number of carboxylic acid groups (broad SMARTS) is 1. The number of anilines is 2. The van der Waals surface area contributed by atoms with Crippen LogP contribution >= 0.6 is 0 Å². The summed E-state index contributed by atoms with van der Waals surface area (Å²) in [6.07, 6.45) is -10.2. The lowest BCUT2D eigenvalue weighted by atomic mass is 9.94. The summed E-state index contributed by atoms with van der Waals surface area (Å²) in [5, 5.41) is 33.5. The molecule has 16 nitrogen and oxygen atoms in total. The number of rotatable bonds is 15. The molecule has 2 unspecified atom stereocenters. The van der Waals surface area contributed by atoms with Crippen molar-refractivity contribution in [1.29, 1.82) is 10.5 Å². The minimum absolute atomic E-state index is 0.0360. The second kappa shape index (κ2) is 20.0. The number of nitriles is 2. The van der Waals surface area contributed by atoms with Crippen LogP contribution < -0.4 is 20.4 Å². The molecule has 4 aromatic rings. The number of benzene rings is 4. The number of carbonyl (C=O) groups is 6. The first-order chi connectivity index (χ1) is 34.3. The van der Waals surface area contributed by atoms with Crippen LogP contribution in [0.25, 0.3) is 0 Å². The summed E-state index contributed by atoms with van der Waals surface area (Å²) in [6.45, 7) is -0.583. The minimum atomic E-state index is -4.75. The van der Waals surface area contributed by atoms with Gasteiger partial charge >= 0.3 is 30.4 Å². The Morgan fingerprint density at radius 1 is 0.625 bits per heavy atom. The van der Waals surface area contributed by atoms with E-state index in [-0.39, 0.29) is 86.0 Å². The fourth-order valence-electron chi connectivity index (χ4n) is 9.18. The highest BCUT2D eigenvalue weighted by molar-refractivity contribution is 6.08. The quantitative estimate of drug-likeness (QED) is 0.101. The zero-order valence-electron chi connectivity index (χ0n) is 37.8. The molecule has 4 aromatic carbocycles. The highest BCUT2D eigenvalue weighted by atomic mass is 19.4. The predicted molar refractivity (Wildman–Crippen MR) is 243 cm³/mol. The fourth-order valence-corrected chi connectivity index (χ4v) is 9.18. The molecule has 3 N–H and O–H groups in total. The standard InChI is InChI=1S/C50H41F6N9O7/c51-49(52,53)33-5-1-7-35(23-33)64-37-27-62(45(69)41(37)43(59-47(64)71)31-13-9-29(25-57)10-14-31)21-3-19-61(39(66)17-18-40(67)68)20-4-22-63-28-38-42(46(63)70)44(32-15-11-30(26-58)12-16-32)60-48(72)65(38)36-8-2-6-34(24-36)50(54,55)56/h1-2,5-16,23-24,43-44H,3-4,17-22,27-28H2,(H,59,71)(H,60,72)(H,67,68). The predicted octanol–water partition coefficient (Wildman–Crippen LogP) is 7.38. The first kappa shape index (κ1) is 49.8. The van der Waals surface area contributed by atoms with Gasteiger partial charge in [-0.2, -0.15) is 36.9 Å². The second-order valence-corrected chi connectivity index (χ2v) is 17.2. The van der Waals surface area contributed by atoms with E-state index in [4.69, 9.17) is 0 Å². The molecule has 0 saturated carbocycles. The largest absolute Gasteiger partial charge is 0.481 e. The second-order valence-electron chi connectivity index (χ2n) is 17.2. The van der Waals surface area contributed by atoms with Crippen molar-refractivity contribution >= 4 is 47.1 Å². The summed E-state index contributed by atoms with van der Waals surface area (Å²) in [6, 6.07) is 20.5. The van der Waals surface area contributed by atoms with Gasteiger partial charge in [-0.25, -0.2) is 9.59 Å². The fraction of sp³-hybridized carbons (Fsp3) is 0.280. The van der Waals surface area contributed by atoms with Crippen LogP contribution in [0.5, 0.6) is 0 Å². The molecule has 2 atom stereocenters. The normalized spacial score (nSPS) is 17.9. The SMILES string of the molecule is N#Cc1ccc(C2NC(=O)N(c3cccc(C(F)(F)F)c3)C3=C2C(=O)N(CCCN(CCCN2CC4=C(C2=O)C(c2ccc(C#N)cc2)NC(=O)N4c2cccc(C(F)(F)F)c2)C(=O)CCC(=O)O)C3)cc1. The monoisotopic (exact) mass is 993 g/mol.